The molecular formula is C30H28O4. The quantitative estimate of drug-likeness (QED) is 0.159. The van der Waals surface area contributed by atoms with Crippen molar-refractivity contribution in [1.82, 2.24) is 0 Å². The van der Waals surface area contributed by atoms with Crippen LogP contribution in [-0.2, 0) is 9.59 Å². The summed E-state index contributed by atoms with van der Waals surface area (Å²) in [5, 5.41) is 3.67. The molecule has 0 spiro atoms. The third-order valence-electron chi connectivity index (χ3n) is 5.76. The smallest absolute Gasteiger partial charge is 0.339 e. The Balaban J connectivity index is 1.69. The van der Waals surface area contributed by atoms with Gasteiger partial charge >= 0.3 is 11.9 Å². The zero-order valence-electron chi connectivity index (χ0n) is 19.5. The van der Waals surface area contributed by atoms with Gasteiger partial charge in [-0.05, 0) is 35.7 Å². The summed E-state index contributed by atoms with van der Waals surface area (Å²) in [4.78, 5) is 26.7. The summed E-state index contributed by atoms with van der Waals surface area (Å²) in [6.07, 6.45) is 2.27. The van der Waals surface area contributed by atoms with E-state index in [1.54, 1.807) is 12.1 Å². The van der Waals surface area contributed by atoms with E-state index in [1.165, 1.54) is 0 Å². The number of ether oxygens (including phenoxy) is 2. The van der Waals surface area contributed by atoms with Gasteiger partial charge < -0.3 is 9.47 Å². The maximum absolute atomic E-state index is 13.3. The highest BCUT2D eigenvalue weighted by Gasteiger charge is 2.24. The molecule has 34 heavy (non-hydrogen) atoms. The lowest BCUT2D eigenvalue weighted by molar-refractivity contribution is -0.133. The minimum absolute atomic E-state index is 0.377. The van der Waals surface area contributed by atoms with Crippen LogP contribution < -0.4 is 9.47 Å². The molecule has 4 heteroatoms. The number of carbonyl (C=O) groups is 2. The van der Waals surface area contributed by atoms with Crippen LogP contribution >= 0.6 is 0 Å². The predicted molar refractivity (Wildman–Crippen MR) is 136 cm³/mol. The van der Waals surface area contributed by atoms with Crippen molar-refractivity contribution >= 4 is 33.5 Å². The van der Waals surface area contributed by atoms with Gasteiger partial charge in [-0.15, -0.1) is 0 Å². The molecule has 0 heterocycles. The number of carbonyl (C=O) groups excluding carboxylic acids is 2. The van der Waals surface area contributed by atoms with Crippen LogP contribution in [0.2, 0.25) is 0 Å². The second-order valence-corrected chi connectivity index (χ2v) is 8.19. The first-order chi connectivity index (χ1) is 16.6. The first-order valence-electron chi connectivity index (χ1n) is 11.7. The fourth-order valence-electron chi connectivity index (χ4n) is 4.14. The predicted octanol–water partition coefficient (Wildman–Crippen LogP) is 7.40. The van der Waals surface area contributed by atoms with Crippen molar-refractivity contribution in [2.75, 3.05) is 0 Å². The van der Waals surface area contributed by atoms with Crippen molar-refractivity contribution in [1.29, 1.82) is 0 Å². The topological polar surface area (TPSA) is 52.6 Å². The van der Waals surface area contributed by atoms with Gasteiger partial charge in [0, 0.05) is 21.9 Å². The van der Waals surface area contributed by atoms with Crippen molar-refractivity contribution in [2.24, 2.45) is 0 Å². The van der Waals surface area contributed by atoms with Gasteiger partial charge in [0.1, 0.15) is 11.5 Å². The maximum atomic E-state index is 13.3. The second-order valence-electron chi connectivity index (χ2n) is 8.19. The fraction of sp³-hybridized carbons (Fsp3) is 0.200. The highest BCUT2D eigenvalue weighted by Crippen LogP contribution is 2.29. The van der Waals surface area contributed by atoms with Crippen LogP contribution in [0.25, 0.3) is 21.5 Å². The summed E-state index contributed by atoms with van der Waals surface area (Å²) in [7, 11) is 0. The monoisotopic (exact) mass is 452 g/mol. The van der Waals surface area contributed by atoms with E-state index >= 15 is 0 Å². The van der Waals surface area contributed by atoms with E-state index in [1.807, 2.05) is 86.6 Å². The molecule has 172 valence electrons. The van der Waals surface area contributed by atoms with E-state index < -0.39 is 11.9 Å². The van der Waals surface area contributed by atoms with Crippen LogP contribution in [-0.4, -0.2) is 11.9 Å². The normalized spacial score (nSPS) is 11.8. The second kappa shape index (κ2) is 10.8. The lowest BCUT2D eigenvalue weighted by atomic mass is 9.99. The molecule has 0 atom stereocenters. The highest BCUT2D eigenvalue weighted by atomic mass is 16.5. The molecular weight excluding hydrogens is 424 g/mol. The summed E-state index contributed by atoms with van der Waals surface area (Å²) in [6.45, 7) is 3.95. The van der Waals surface area contributed by atoms with Crippen LogP contribution in [0.5, 0.6) is 11.5 Å². The summed E-state index contributed by atoms with van der Waals surface area (Å²) in [5.74, 6) is -0.0435. The van der Waals surface area contributed by atoms with Crippen molar-refractivity contribution in [2.45, 2.75) is 39.5 Å². The van der Waals surface area contributed by atoms with Crippen LogP contribution in [0.4, 0.5) is 0 Å². The van der Waals surface area contributed by atoms with Crippen molar-refractivity contribution in [3.63, 3.8) is 0 Å². The van der Waals surface area contributed by atoms with Crippen LogP contribution in [0.15, 0.2) is 96.1 Å². The Labute approximate surface area is 199 Å². The molecule has 0 radical (unpaired) electrons. The Bertz CT molecular complexity index is 1250. The van der Waals surface area contributed by atoms with Gasteiger partial charge in [-0.2, -0.15) is 0 Å². The van der Waals surface area contributed by atoms with Gasteiger partial charge in [0.05, 0.1) is 0 Å². The number of hydrogen-bond donors (Lipinski definition) is 0. The van der Waals surface area contributed by atoms with Crippen molar-refractivity contribution in [3.05, 3.63) is 96.1 Å². The van der Waals surface area contributed by atoms with Gasteiger partial charge in [-0.3, -0.25) is 0 Å². The van der Waals surface area contributed by atoms with E-state index in [2.05, 4.69) is 0 Å². The van der Waals surface area contributed by atoms with Crippen LogP contribution in [0.3, 0.4) is 0 Å². The average Bonchev–Trinajstić information content (AvgIpc) is 2.86. The molecule has 0 saturated carbocycles. The SMILES string of the molecule is CCC/C(C(=O)Oc1cccc2ccccc12)=C(/CCC)C(=O)Oc1cccc2ccccc12. The first-order valence-corrected chi connectivity index (χ1v) is 11.7. The van der Waals surface area contributed by atoms with Gasteiger partial charge in [-0.1, -0.05) is 99.5 Å². The fourth-order valence-corrected chi connectivity index (χ4v) is 4.14. The molecule has 4 aromatic rings. The number of esters is 2. The molecule has 0 N–H and O–H groups in total. The minimum Gasteiger partial charge on any atom is -0.422 e. The average molecular weight is 453 g/mol. The lowest BCUT2D eigenvalue weighted by Gasteiger charge is -2.15. The molecule has 0 bridgehead atoms. The molecule has 0 unspecified atom stereocenters. The number of hydrogen-bond acceptors (Lipinski definition) is 4. The summed E-state index contributed by atoms with van der Waals surface area (Å²) >= 11 is 0. The Morgan fingerprint density at radius 1 is 0.559 bits per heavy atom. The lowest BCUT2D eigenvalue weighted by Crippen LogP contribution is -2.20. The first kappa shape index (κ1) is 23.2. The maximum Gasteiger partial charge on any atom is 0.339 e. The molecule has 0 amide bonds. The zero-order chi connectivity index (χ0) is 23.9. The van der Waals surface area contributed by atoms with Crippen molar-refractivity contribution < 1.29 is 19.1 Å². The third-order valence-corrected chi connectivity index (χ3v) is 5.76. The van der Waals surface area contributed by atoms with E-state index in [4.69, 9.17) is 9.47 Å². The molecule has 0 aliphatic carbocycles. The van der Waals surface area contributed by atoms with E-state index in [0.717, 1.165) is 21.5 Å². The summed E-state index contributed by atoms with van der Waals surface area (Å²) in [5.41, 5.74) is 0.755. The highest BCUT2D eigenvalue weighted by molar-refractivity contribution is 6.03. The standard InChI is InChI=1S/C30H28O4/c1-3-11-25(29(31)33-27-19-9-15-21-13-5-7-17-23(21)27)26(12-4-2)30(32)34-28-20-10-16-22-14-6-8-18-24(22)28/h5-10,13-20H,3-4,11-12H2,1-2H3/b26-25+. The van der Waals surface area contributed by atoms with E-state index in [-0.39, 0.29) is 0 Å². The Morgan fingerprint density at radius 3 is 1.35 bits per heavy atom. The molecule has 0 aromatic heterocycles. The largest absolute Gasteiger partial charge is 0.422 e. The van der Waals surface area contributed by atoms with Crippen LogP contribution in [0, 0.1) is 0 Å². The summed E-state index contributed by atoms with van der Waals surface area (Å²) < 4.78 is 11.7. The Hall–Kier alpha value is -3.92. The molecule has 0 aliphatic rings. The van der Waals surface area contributed by atoms with Gasteiger partial charge in [0.25, 0.3) is 0 Å². The van der Waals surface area contributed by atoms with Crippen molar-refractivity contribution in [3.8, 4) is 11.5 Å². The molecule has 4 nitrogen and oxygen atoms in total. The minimum atomic E-state index is -0.503. The van der Waals surface area contributed by atoms with E-state index in [9.17, 15) is 9.59 Å². The van der Waals surface area contributed by atoms with Crippen LogP contribution in [0.1, 0.15) is 39.5 Å². The Morgan fingerprint density at radius 2 is 0.941 bits per heavy atom. The zero-order valence-corrected chi connectivity index (χ0v) is 19.5. The third kappa shape index (κ3) is 5.01. The number of fused-ring (bicyclic) bond motifs is 2. The van der Waals surface area contributed by atoms with E-state index in [0.29, 0.717) is 48.3 Å². The van der Waals surface area contributed by atoms with Gasteiger partial charge in [-0.25, -0.2) is 9.59 Å². The number of rotatable bonds is 8. The molecule has 0 fully saturated rings. The molecule has 0 saturated heterocycles. The van der Waals surface area contributed by atoms with Gasteiger partial charge in [0.15, 0.2) is 0 Å². The van der Waals surface area contributed by atoms with Gasteiger partial charge in [0.2, 0.25) is 0 Å². The number of benzene rings is 4. The molecule has 4 rings (SSSR count). The molecule has 4 aromatic carbocycles. The Kier molecular flexibility index (Phi) is 7.38. The summed E-state index contributed by atoms with van der Waals surface area (Å²) in [6, 6.07) is 26.7. The molecule has 0 aliphatic heterocycles.